The smallest absolute Gasteiger partial charge is 0.223 e. The van der Waals surface area contributed by atoms with Gasteiger partial charge in [0.1, 0.15) is 0 Å². The third-order valence-electron chi connectivity index (χ3n) is 4.44. The number of rotatable bonds is 4. The first-order chi connectivity index (χ1) is 11.2. The summed E-state index contributed by atoms with van der Waals surface area (Å²) in [6.45, 7) is 5.75. The highest BCUT2D eigenvalue weighted by Gasteiger charge is 2.31. The van der Waals surface area contributed by atoms with Gasteiger partial charge >= 0.3 is 0 Å². The predicted molar refractivity (Wildman–Crippen MR) is 88.1 cm³/mol. The van der Waals surface area contributed by atoms with Gasteiger partial charge in [0.25, 0.3) is 0 Å². The summed E-state index contributed by atoms with van der Waals surface area (Å²) in [6.07, 6.45) is 1.30. The van der Waals surface area contributed by atoms with Crippen LogP contribution < -0.4 is 0 Å². The summed E-state index contributed by atoms with van der Waals surface area (Å²) in [5.41, 5.74) is 4.25. The summed E-state index contributed by atoms with van der Waals surface area (Å²) in [7, 11) is 0. The van der Waals surface area contributed by atoms with Gasteiger partial charge in [-0.15, -0.1) is 0 Å². The first-order valence-corrected chi connectivity index (χ1v) is 8.09. The number of H-pyrrole nitrogens is 1. The van der Waals surface area contributed by atoms with Gasteiger partial charge in [0.05, 0.1) is 24.9 Å². The highest BCUT2D eigenvalue weighted by Crippen LogP contribution is 2.29. The van der Waals surface area contributed by atoms with E-state index >= 15 is 0 Å². The van der Waals surface area contributed by atoms with Gasteiger partial charge in [0.2, 0.25) is 5.91 Å². The van der Waals surface area contributed by atoms with Crippen LogP contribution >= 0.6 is 0 Å². The summed E-state index contributed by atoms with van der Waals surface area (Å²) < 4.78 is 5.62. The van der Waals surface area contributed by atoms with Gasteiger partial charge in [-0.05, 0) is 25.8 Å². The molecule has 23 heavy (non-hydrogen) atoms. The second-order valence-electron chi connectivity index (χ2n) is 6.01. The van der Waals surface area contributed by atoms with E-state index in [0.717, 1.165) is 23.4 Å². The predicted octanol–water partition coefficient (Wildman–Crippen LogP) is 2.56. The molecule has 1 unspecified atom stereocenters. The number of ether oxygens (including phenoxy) is 1. The number of nitrogens with zero attached hydrogens (tertiary/aromatic N) is 2. The van der Waals surface area contributed by atoms with Crippen molar-refractivity contribution in [2.45, 2.75) is 32.7 Å². The molecule has 5 heteroatoms. The monoisotopic (exact) mass is 313 g/mol. The Bertz CT molecular complexity index is 647. The van der Waals surface area contributed by atoms with E-state index in [9.17, 15) is 4.79 Å². The number of amides is 1. The van der Waals surface area contributed by atoms with E-state index < -0.39 is 0 Å². The molecule has 1 fully saturated rings. The molecule has 0 bridgehead atoms. The van der Waals surface area contributed by atoms with Crippen molar-refractivity contribution in [1.82, 2.24) is 15.1 Å². The Morgan fingerprint density at radius 1 is 1.35 bits per heavy atom. The minimum atomic E-state index is -0.0363. The lowest BCUT2D eigenvalue weighted by Crippen LogP contribution is -2.43. The van der Waals surface area contributed by atoms with Crippen LogP contribution in [0.25, 0.3) is 0 Å². The maximum atomic E-state index is 12.7. The molecule has 2 heterocycles. The average Bonchev–Trinajstić information content (AvgIpc) is 2.92. The van der Waals surface area contributed by atoms with Crippen molar-refractivity contribution in [1.29, 1.82) is 0 Å². The molecule has 1 aliphatic rings. The number of aryl methyl sites for hydroxylation is 3. The van der Waals surface area contributed by atoms with Crippen molar-refractivity contribution in [3.63, 3.8) is 0 Å². The van der Waals surface area contributed by atoms with E-state index in [2.05, 4.69) is 22.3 Å². The molecule has 1 aromatic carbocycles. The van der Waals surface area contributed by atoms with Crippen LogP contribution in [0.1, 0.15) is 35.0 Å². The minimum Gasteiger partial charge on any atom is -0.377 e. The van der Waals surface area contributed by atoms with Gasteiger partial charge in [0.15, 0.2) is 0 Å². The summed E-state index contributed by atoms with van der Waals surface area (Å²) in [4.78, 5) is 14.7. The number of benzene rings is 1. The number of aromatic amines is 1. The topological polar surface area (TPSA) is 58.2 Å². The summed E-state index contributed by atoms with van der Waals surface area (Å²) in [6, 6.07) is 10.1. The SMILES string of the molecule is Cc1n[nH]c(C)c1C1COCCN1C(=O)CCc1ccccc1. The van der Waals surface area contributed by atoms with E-state index in [-0.39, 0.29) is 11.9 Å². The van der Waals surface area contributed by atoms with Gasteiger partial charge in [-0.25, -0.2) is 0 Å². The molecule has 0 saturated carbocycles. The fourth-order valence-corrected chi connectivity index (χ4v) is 3.23. The second kappa shape index (κ2) is 6.96. The Balaban J connectivity index is 1.72. The van der Waals surface area contributed by atoms with Crippen molar-refractivity contribution in [2.24, 2.45) is 0 Å². The molecule has 2 aromatic rings. The van der Waals surface area contributed by atoms with Crippen LogP contribution in [0.5, 0.6) is 0 Å². The Morgan fingerprint density at radius 3 is 2.83 bits per heavy atom. The molecule has 1 N–H and O–H groups in total. The Kier molecular flexibility index (Phi) is 4.76. The maximum absolute atomic E-state index is 12.7. The summed E-state index contributed by atoms with van der Waals surface area (Å²) >= 11 is 0. The third kappa shape index (κ3) is 3.45. The summed E-state index contributed by atoms with van der Waals surface area (Å²) in [5.74, 6) is 0.183. The zero-order valence-electron chi connectivity index (χ0n) is 13.7. The van der Waals surface area contributed by atoms with E-state index in [4.69, 9.17) is 4.74 Å². The van der Waals surface area contributed by atoms with Crippen LogP contribution in [0.3, 0.4) is 0 Å². The highest BCUT2D eigenvalue weighted by molar-refractivity contribution is 5.77. The zero-order valence-corrected chi connectivity index (χ0v) is 13.7. The number of nitrogens with one attached hydrogen (secondary N) is 1. The first-order valence-electron chi connectivity index (χ1n) is 8.09. The van der Waals surface area contributed by atoms with E-state index in [0.29, 0.717) is 26.2 Å². The van der Waals surface area contributed by atoms with E-state index in [1.807, 2.05) is 36.9 Å². The Morgan fingerprint density at radius 2 is 2.13 bits per heavy atom. The number of carbonyl (C=O) groups excluding carboxylic acids is 1. The quantitative estimate of drug-likeness (QED) is 0.944. The van der Waals surface area contributed by atoms with Crippen molar-refractivity contribution in [3.8, 4) is 0 Å². The Hall–Kier alpha value is -2.14. The van der Waals surface area contributed by atoms with Crippen LogP contribution in [0.15, 0.2) is 30.3 Å². The van der Waals surface area contributed by atoms with Gasteiger partial charge in [-0.1, -0.05) is 30.3 Å². The molecule has 1 aliphatic heterocycles. The lowest BCUT2D eigenvalue weighted by Gasteiger charge is -2.36. The molecule has 1 amide bonds. The van der Waals surface area contributed by atoms with E-state index in [1.54, 1.807) is 0 Å². The molecular formula is C18H23N3O2. The van der Waals surface area contributed by atoms with Gasteiger partial charge in [-0.2, -0.15) is 5.10 Å². The second-order valence-corrected chi connectivity index (χ2v) is 6.01. The largest absolute Gasteiger partial charge is 0.377 e. The molecule has 1 saturated heterocycles. The molecule has 5 nitrogen and oxygen atoms in total. The fourth-order valence-electron chi connectivity index (χ4n) is 3.23. The molecule has 0 spiro atoms. The number of hydrogen-bond donors (Lipinski definition) is 1. The molecule has 1 atom stereocenters. The lowest BCUT2D eigenvalue weighted by molar-refractivity contribution is -0.140. The number of morpholine rings is 1. The number of hydrogen-bond acceptors (Lipinski definition) is 3. The van der Waals surface area contributed by atoms with Crippen LogP contribution in [0.4, 0.5) is 0 Å². The molecule has 0 aliphatic carbocycles. The summed E-state index contributed by atoms with van der Waals surface area (Å²) in [5, 5.41) is 7.27. The van der Waals surface area contributed by atoms with Crippen LogP contribution in [0.2, 0.25) is 0 Å². The van der Waals surface area contributed by atoms with Crippen molar-refractivity contribution >= 4 is 5.91 Å². The number of carbonyl (C=O) groups is 1. The zero-order chi connectivity index (χ0) is 16.2. The molecule has 0 radical (unpaired) electrons. The van der Waals surface area contributed by atoms with Crippen LogP contribution in [0, 0.1) is 13.8 Å². The normalized spacial score (nSPS) is 18.2. The average molecular weight is 313 g/mol. The van der Waals surface area contributed by atoms with Gasteiger partial charge < -0.3 is 9.64 Å². The van der Waals surface area contributed by atoms with Crippen LogP contribution in [-0.4, -0.2) is 40.8 Å². The standard InChI is InChI=1S/C18H23N3O2/c1-13-18(14(2)20-19-13)16-12-23-11-10-21(16)17(22)9-8-15-6-4-3-5-7-15/h3-7,16H,8-12H2,1-2H3,(H,19,20). The molecule has 122 valence electrons. The molecule has 1 aromatic heterocycles. The molecule has 3 rings (SSSR count). The van der Waals surface area contributed by atoms with Crippen molar-refractivity contribution in [3.05, 3.63) is 52.8 Å². The fraction of sp³-hybridized carbons (Fsp3) is 0.444. The van der Waals surface area contributed by atoms with Gasteiger partial charge in [0, 0.05) is 24.2 Å². The highest BCUT2D eigenvalue weighted by atomic mass is 16.5. The number of aromatic nitrogens is 2. The Labute approximate surface area is 136 Å². The first kappa shape index (κ1) is 15.7. The maximum Gasteiger partial charge on any atom is 0.223 e. The van der Waals surface area contributed by atoms with Gasteiger partial charge in [-0.3, -0.25) is 9.89 Å². The minimum absolute atomic E-state index is 0.0363. The van der Waals surface area contributed by atoms with Crippen molar-refractivity contribution in [2.75, 3.05) is 19.8 Å². The molecular weight excluding hydrogens is 290 g/mol. The third-order valence-corrected chi connectivity index (χ3v) is 4.44. The lowest BCUT2D eigenvalue weighted by atomic mass is 10.0. The van der Waals surface area contributed by atoms with Crippen LogP contribution in [-0.2, 0) is 16.0 Å². The van der Waals surface area contributed by atoms with Crippen molar-refractivity contribution < 1.29 is 9.53 Å². The van der Waals surface area contributed by atoms with E-state index in [1.165, 1.54) is 5.56 Å².